The number of likely N-dealkylation sites (N-methyl/N-ethyl adjacent to an activating group) is 1. The number of nitrogens with zero attached hydrogens (tertiary/aromatic N) is 1. The minimum Gasteiger partial charge on any atom is -0.478 e. The Morgan fingerprint density at radius 3 is 2.56 bits per heavy atom. The van der Waals surface area contributed by atoms with Crippen LogP contribution in [0.4, 0.5) is 4.39 Å². The molecule has 0 aliphatic heterocycles. The smallest absolute Gasteiger partial charge is 0.337 e. The first-order valence-electron chi connectivity index (χ1n) is 4.90. The van der Waals surface area contributed by atoms with E-state index in [4.69, 9.17) is 10.2 Å². The molecular formula is C10H12FNO5S. The lowest BCUT2D eigenvalue weighted by molar-refractivity contribution is 0.0692. The molecule has 0 fully saturated rings. The second kappa shape index (κ2) is 5.42. The second-order valence-corrected chi connectivity index (χ2v) is 5.51. The summed E-state index contributed by atoms with van der Waals surface area (Å²) in [5.74, 6) is -2.32. The summed E-state index contributed by atoms with van der Waals surface area (Å²) in [6.45, 7) is -0.634. The molecule has 0 radical (unpaired) electrons. The summed E-state index contributed by atoms with van der Waals surface area (Å²) in [6, 6.07) is 2.40. The van der Waals surface area contributed by atoms with Crippen molar-refractivity contribution in [2.75, 3.05) is 20.2 Å². The minimum absolute atomic E-state index is 0.210. The molecule has 2 N–H and O–H groups in total. The maximum atomic E-state index is 13.1. The van der Waals surface area contributed by atoms with Gasteiger partial charge in [-0.3, -0.25) is 0 Å². The van der Waals surface area contributed by atoms with Crippen molar-refractivity contribution in [2.24, 2.45) is 0 Å². The zero-order valence-corrected chi connectivity index (χ0v) is 10.3. The van der Waals surface area contributed by atoms with Crippen LogP contribution in [0, 0.1) is 5.82 Å². The van der Waals surface area contributed by atoms with Gasteiger partial charge >= 0.3 is 5.97 Å². The Morgan fingerprint density at radius 2 is 2.06 bits per heavy atom. The number of benzene rings is 1. The monoisotopic (exact) mass is 277 g/mol. The summed E-state index contributed by atoms with van der Waals surface area (Å²) in [6.07, 6.45) is 0. The third-order valence-electron chi connectivity index (χ3n) is 2.28. The summed E-state index contributed by atoms with van der Waals surface area (Å²) in [7, 11) is -2.98. The van der Waals surface area contributed by atoms with Gasteiger partial charge < -0.3 is 10.2 Å². The molecule has 0 spiro atoms. The summed E-state index contributed by atoms with van der Waals surface area (Å²) in [5, 5.41) is 17.6. The Bertz CT molecular complexity index is 557. The summed E-state index contributed by atoms with van der Waals surface area (Å²) >= 11 is 0. The molecule has 0 amide bonds. The third kappa shape index (κ3) is 2.84. The van der Waals surface area contributed by atoms with Gasteiger partial charge in [0.1, 0.15) is 5.82 Å². The quantitative estimate of drug-likeness (QED) is 0.798. The Hall–Kier alpha value is -1.51. The van der Waals surface area contributed by atoms with E-state index in [1.807, 2.05) is 0 Å². The lowest BCUT2D eigenvalue weighted by Crippen LogP contribution is -2.30. The van der Waals surface area contributed by atoms with Crippen molar-refractivity contribution in [1.82, 2.24) is 4.31 Å². The standard InChI is InChI=1S/C10H12FNO5S/c1-12(4-5-13)18(16,17)9-6-7(11)2-3-8(9)10(14)15/h2-3,6,13H,4-5H2,1H3,(H,14,15). The van der Waals surface area contributed by atoms with E-state index in [0.29, 0.717) is 6.07 Å². The maximum absolute atomic E-state index is 13.1. The van der Waals surface area contributed by atoms with Crippen LogP contribution in [-0.4, -0.2) is 49.1 Å². The van der Waals surface area contributed by atoms with Crippen molar-refractivity contribution in [3.05, 3.63) is 29.6 Å². The SMILES string of the molecule is CN(CCO)S(=O)(=O)c1cc(F)ccc1C(=O)O. The number of aromatic carboxylic acids is 1. The highest BCUT2D eigenvalue weighted by atomic mass is 32.2. The van der Waals surface area contributed by atoms with Gasteiger partial charge in [0.05, 0.1) is 17.1 Å². The number of carboxylic acid groups (broad SMARTS) is 1. The van der Waals surface area contributed by atoms with Crippen molar-refractivity contribution in [3.8, 4) is 0 Å². The Kier molecular flexibility index (Phi) is 4.38. The summed E-state index contributed by atoms with van der Waals surface area (Å²) < 4.78 is 37.8. The van der Waals surface area contributed by atoms with Gasteiger partial charge in [0, 0.05) is 13.6 Å². The molecule has 18 heavy (non-hydrogen) atoms. The number of rotatable bonds is 5. The lowest BCUT2D eigenvalue weighted by atomic mass is 10.2. The molecule has 6 nitrogen and oxygen atoms in total. The van der Waals surface area contributed by atoms with Gasteiger partial charge in [-0.1, -0.05) is 0 Å². The van der Waals surface area contributed by atoms with E-state index in [2.05, 4.69) is 0 Å². The molecule has 1 rings (SSSR count). The van der Waals surface area contributed by atoms with Gasteiger partial charge in [0.25, 0.3) is 0 Å². The molecule has 0 heterocycles. The van der Waals surface area contributed by atoms with Crippen LogP contribution in [0.2, 0.25) is 0 Å². The number of halogens is 1. The number of hydrogen-bond donors (Lipinski definition) is 2. The fraction of sp³-hybridized carbons (Fsp3) is 0.300. The van der Waals surface area contributed by atoms with E-state index in [-0.39, 0.29) is 6.54 Å². The number of carboxylic acids is 1. The van der Waals surface area contributed by atoms with E-state index in [1.165, 1.54) is 7.05 Å². The van der Waals surface area contributed by atoms with Crippen molar-refractivity contribution in [1.29, 1.82) is 0 Å². The fourth-order valence-corrected chi connectivity index (χ4v) is 2.67. The van der Waals surface area contributed by atoms with Crippen LogP contribution >= 0.6 is 0 Å². The molecule has 0 atom stereocenters. The fourth-order valence-electron chi connectivity index (χ4n) is 1.32. The van der Waals surface area contributed by atoms with Crippen molar-refractivity contribution in [2.45, 2.75) is 4.90 Å². The van der Waals surface area contributed by atoms with Crippen LogP contribution < -0.4 is 0 Å². The highest BCUT2D eigenvalue weighted by Crippen LogP contribution is 2.20. The maximum Gasteiger partial charge on any atom is 0.337 e. The van der Waals surface area contributed by atoms with E-state index in [0.717, 1.165) is 16.4 Å². The Labute approximate surface area is 103 Å². The van der Waals surface area contributed by atoms with Crippen LogP contribution in [0.1, 0.15) is 10.4 Å². The predicted molar refractivity (Wildman–Crippen MR) is 60.3 cm³/mol. The van der Waals surface area contributed by atoms with Gasteiger partial charge in [-0.05, 0) is 18.2 Å². The van der Waals surface area contributed by atoms with Crippen LogP contribution in [0.3, 0.4) is 0 Å². The highest BCUT2D eigenvalue weighted by molar-refractivity contribution is 7.89. The molecule has 0 saturated carbocycles. The molecule has 8 heteroatoms. The van der Waals surface area contributed by atoms with Gasteiger partial charge in [-0.15, -0.1) is 0 Å². The molecule has 0 aliphatic rings. The van der Waals surface area contributed by atoms with Crippen molar-refractivity contribution < 1.29 is 27.8 Å². The Balaban J connectivity index is 3.39. The van der Waals surface area contributed by atoms with Crippen molar-refractivity contribution >= 4 is 16.0 Å². The van der Waals surface area contributed by atoms with E-state index >= 15 is 0 Å². The van der Waals surface area contributed by atoms with Crippen LogP contribution in [0.25, 0.3) is 0 Å². The third-order valence-corrected chi connectivity index (χ3v) is 4.17. The molecule has 0 aliphatic carbocycles. The summed E-state index contributed by atoms with van der Waals surface area (Å²) in [5.41, 5.74) is -0.513. The van der Waals surface area contributed by atoms with E-state index in [1.54, 1.807) is 0 Å². The van der Waals surface area contributed by atoms with Gasteiger partial charge in [0.2, 0.25) is 10.0 Å². The molecule has 0 unspecified atom stereocenters. The predicted octanol–water partition coefficient (Wildman–Crippen LogP) is 0.137. The molecule has 1 aromatic rings. The molecule has 0 saturated heterocycles. The van der Waals surface area contributed by atoms with E-state index < -0.39 is 38.9 Å². The topological polar surface area (TPSA) is 94.9 Å². The molecule has 100 valence electrons. The largest absolute Gasteiger partial charge is 0.478 e. The highest BCUT2D eigenvalue weighted by Gasteiger charge is 2.26. The zero-order valence-electron chi connectivity index (χ0n) is 9.50. The first-order valence-corrected chi connectivity index (χ1v) is 6.34. The first kappa shape index (κ1) is 14.6. The van der Waals surface area contributed by atoms with Gasteiger partial charge in [-0.25, -0.2) is 17.6 Å². The van der Waals surface area contributed by atoms with Gasteiger partial charge in [-0.2, -0.15) is 4.31 Å². The minimum atomic E-state index is -4.15. The van der Waals surface area contributed by atoms with Crippen LogP contribution in [0.15, 0.2) is 23.1 Å². The summed E-state index contributed by atoms with van der Waals surface area (Å²) in [4.78, 5) is 10.3. The average Bonchev–Trinajstić information content (AvgIpc) is 2.28. The number of hydrogen-bond acceptors (Lipinski definition) is 4. The number of aliphatic hydroxyl groups excluding tert-OH is 1. The average molecular weight is 277 g/mol. The van der Waals surface area contributed by atoms with E-state index in [9.17, 15) is 17.6 Å². The number of carbonyl (C=O) groups is 1. The van der Waals surface area contributed by atoms with Crippen molar-refractivity contribution in [3.63, 3.8) is 0 Å². The molecule has 0 aromatic heterocycles. The normalized spacial score (nSPS) is 11.8. The molecule has 1 aromatic carbocycles. The molecular weight excluding hydrogens is 265 g/mol. The number of aliphatic hydroxyl groups is 1. The molecule has 0 bridgehead atoms. The van der Waals surface area contributed by atoms with Crippen LogP contribution in [-0.2, 0) is 10.0 Å². The number of sulfonamides is 1. The second-order valence-electron chi connectivity index (χ2n) is 3.50. The Morgan fingerprint density at radius 1 is 1.44 bits per heavy atom. The van der Waals surface area contributed by atoms with Crippen LogP contribution in [0.5, 0.6) is 0 Å². The zero-order chi connectivity index (χ0) is 13.9. The first-order chi connectivity index (χ1) is 8.30. The van der Waals surface area contributed by atoms with Gasteiger partial charge in [0.15, 0.2) is 0 Å². The lowest BCUT2D eigenvalue weighted by Gasteiger charge is -2.17.